The molecule has 0 heterocycles. The van der Waals surface area contributed by atoms with Crippen molar-refractivity contribution in [2.75, 3.05) is 6.54 Å². The van der Waals surface area contributed by atoms with Crippen LogP contribution in [0.2, 0.25) is 0 Å². The first-order chi connectivity index (χ1) is 8.20. The van der Waals surface area contributed by atoms with Gasteiger partial charge in [-0.1, -0.05) is 12.1 Å². The third kappa shape index (κ3) is 2.77. The topological polar surface area (TPSA) is 72.6 Å². The van der Waals surface area contributed by atoms with Crippen LogP contribution in [0.1, 0.15) is 30.7 Å². The van der Waals surface area contributed by atoms with Crippen LogP contribution >= 0.6 is 0 Å². The van der Waals surface area contributed by atoms with Crippen molar-refractivity contribution in [2.45, 2.75) is 31.3 Å². The lowest BCUT2D eigenvalue weighted by molar-refractivity contribution is -0.138. The van der Waals surface area contributed by atoms with Gasteiger partial charge in [-0.15, -0.1) is 0 Å². The Bertz CT molecular complexity index is 384. The quantitative estimate of drug-likeness (QED) is 0.815. The van der Waals surface area contributed by atoms with Crippen LogP contribution in [0.15, 0.2) is 24.3 Å². The second-order valence-corrected chi connectivity index (χ2v) is 4.37. The Morgan fingerprint density at radius 2 is 2.06 bits per heavy atom. The van der Waals surface area contributed by atoms with Gasteiger partial charge in [-0.25, -0.2) is 0 Å². The van der Waals surface area contributed by atoms with Gasteiger partial charge in [0.2, 0.25) is 0 Å². The van der Waals surface area contributed by atoms with E-state index in [2.05, 4.69) is 0 Å². The summed E-state index contributed by atoms with van der Waals surface area (Å²) < 4.78 is 5.70. The van der Waals surface area contributed by atoms with E-state index >= 15 is 0 Å². The molecule has 0 aromatic heterocycles. The van der Waals surface area contributed by atoms with E-state index in [9.17, 15) is 4.79 Å². The summed E-state index contributed by atoms with van der Waals surface area (Å²) in [5.74, 6) is -0.715. The lowest BCUT2D eigenvalue weighted by Crippen LogP contribution is -2.24. The number of hydrogen-bond acceptors (Lipinski definition) is 3. The molecule has 4 heteroatoms. The van der Waals surface area contributed by atoms with Gasteiger partial charge in [-0.3, -0.25) is 4.79 Å². The molecule has 1 aliphatic rings. The standard InChI is InChI=1S/C13H17NO3/c14-8-12(13(15)16)9-4-6-11(7-5-9)17-10-2-1-3-10/h4-7,10,12H,1-3,8,14H2,(H,15,16). The van der Waals surface area contributed by atoms with Crippen LogP contribution in [0.25, 0.3) is 0 Å². The zero-order chi connectivity index (χ0) is 12.3. The maximum atomic E-state index is 10.9. The van der Waals surface area contributed by atoms with Crippen molar-refractivity contribution < 1.29 is 14.6 Å². The summed E-state index contributed by atoms with van der Waals surface area (Å²) in [6, 6.07) is 7.19. The number of benzene rings is 1. The average Bonchev–Trinajstić information content (AvgIpc) is 2.26. The van der Waals surface area contributed by atoms with E-state index in [1.807, 2.05) is 12.1 Å². The smallest absolute Gasteiger partial charge is 0.312 e. The Morgan fingerprint density at radius 3 is 2.47 bits per heavy atom. The van der Waals surface area contributed by atoms with Crippen LogP contribution in [0.4, 0.5) is 0 Å². The predicted molar refractivity (Wildman–Crippen MR) is 64.1 cm³/mol. The van der Waals surface area contributed by atoms with Gasteiger partial charge in [-0.2, -0.15) is 0 Å². The molecule has 2 rings (SSSR count). The van der Waals surface area contributed by atoms with Crippen molar-refractivity contribution in [3.63, 3.8) is 0 Å². The van der Waals surface area contributed by atoms with Crippen molar-refractivity contribution in [3.05, 3.63) is 29.8 Å². The SMILES string of the molecule is NCC(C(=O)O)c1ccc(OC2CCC2)cc1. The Balaban J connectivity index is 2.03. The molecule has 0 amide bonds. The molecule has 17 heavy (non-hydrogen) atoms. The van der Waals surface area contributed by atoms with Crippen molar-refractivity contribution >= 4 is 5.97 Å². The molecule has 0 spiro atoms. The molecule has 3 N–H and O–H groups in total. The molecule has 92 valence electrons. The highest BCUT2D eigenvalue weighted by molar-refractivity contribution is 5.76. The minimum atomic E-state index is -0.889. The van der Waals surface area contributed by atoms with Gasteiger partial charge in [0.15, 0.2) is 0 Å². The number of aliphatic carboxylic acids is 1. The van der Waals surface area contributed by atoms with E-state index < -0.39 is 11.9 Å². The number of carbonyl (C=O) groups is 1. The number of rotatable bonds is 5. The van der Waals surface area contributed by atoms with E-state index in [1.165, 1.54) is 6.42 Å². The molecular formula is C13H17NO3. The molecule has 1 atom stereocenters. The van der Waals surface area contributed by atoms with Crippen LogP contribution in [-0.2, 0) is 4.79 Å². The molecule has 0 aliphatic heterocycles. The molecule has 4 nitrogen and oxygen atoms in total. The normalized spacial score (nSPS) is 17.2. The van der Waals surface area contributed by atoms with Crippen molar-refractivity contribution in [1.82, 2.24) is 0 Å². The summed E-state index contributed by atoms with van der Waals surface area (Å²) in [4.78, 5) is 10.9. The van der Waals surface area contributed by atoms with Gasteiger partial charge in [0.25, 0.3) is 0 Å². The van der Waals surface area contributed by atoms with Crippen LogP contribution in [0.3, 0.4) is 0 Å². The molecule has 1 unspecified atom stereocenters. The fourth-order valence-corrected chi connectivity index (χ4v) is 1.84. The molecule has 1 saturated carbocycles. The minimum Gasteiger partial charge on any atom is -0.490 e. The van der Waals surface area contributed by atoms with E-state index in [-0.39, 0.29) is 6.54 Å². The maximum Gasteiger partial charge on any atom is 0.312 e. The minimum absolute atomic E-state index is 0.109. The predicted octanol–water partition coefficient (Wildman–Crippen LogP) is 1.74. The summed E-state index contributed by atoms with van der Waals surface area (Å²) in [6.45, 7) is 0.109. The van der Waals surface area contributed by atoms with Crippen LogP contribution in [0, 0.1) is 0 Å². The average molecular weight is 235 g/mol. The zero-order valence-corrected chi connectivity index (χ0v) is 9.63. The van der Waals surface area contributed by atoms with Crippen LogP contribution < -0.4 is 10.5 Å². The summed E-state index contributed by atoms with van der Waals surface area (Å²) in [6.07, 6.45) is 3.80. The molecule has 1 aromatic rings. The van der Waals surface area contributed by atoms with Crippen molar-refractivity contribution in [3.8, 4) is 5.75 Å². The van der Waals surface area contributed by atoms with Crippen LogP contribution in [-0.4, -0.2) is 23.7 Å². The van der Waals surface area contributed by atoms with Gasteiger partial charge in [-0.05, 0) is 37.0 Å². The maximum absolute atomic E-state index is 10.9. The Morgan fingerprint density at radius 1 is 1.41 bits per heavy atom. The Kier molecular flexibility index (Phi) is 3.64. The Hall–Kier alpha value is -1.55. The van der Waals surface area contributed by atoms with E-state index in [0.717, 1.165) is 24.2 Å². The molecule has 0 saturated heterocycles. The molecule has 0 radical (unpaired) electrons. The summed E-state index contributed by atoms with van der Waals surface area (Å²) in [7, 11) is 0. The third-order valence-corrected chi connectivity index (χ3v) is 3.17. The zero-order valence-electron chi connectivity index (χ0n) is 9.63. The number of carboxylic acids is 1. The van der Waals surface area contributed by atoms with Crippen LogP contribution in [0.5, 0.6) is 5.75 Å². The summed E-state index contributed by atoms with van der Waals surface area (Å²) >= 11 is 0. The number of ether oxygens (including phenoxy) is 1. The number of nitrogens with two attached hydrogens (primary N) is 1. The van der Waals surface area contributed by atoms with Gasteiger partial charge >= 0.3 is 5.97 Å². The van der Waals surface area contributed by atoms with Gasteiger partial charge in [0.1, 0.15) is 5.75 Å². The molecular weight excluding hydrogens is 218 g/mol. The van der Waals surface area contributed by atoms with Crippen molar-refractivity contribution in [1.29, 1.82) is 0 Å². The monoisotopic (exact) mass is 235 g/mol. The third-order valence-electron chi connectivity index (χ3n) is 3.17. The summed E-state index contributed by atoms with van der Waals surface area (Å²) in [5, 5.41) is 8.98. The van der Waals surface area contributed by atoms with Gasteiger partial charge in [0, 0.05) is 6.54 Å². The largest absolute Gasteiger partial charge is 0.490 e. The van der Waals surface area contributed by atoms with Gasteiger partial charge in [0.05, 0.1) is 12.0 Å². The summed E-state index contributed by atoms with van der Waals surface area (Å²) in [5.41, 5.74) is 6.17. The molecule has 1 aliphatic carbocycles. The lowest BCUT2D eigenvalue weighted by atomic mass is 9.96. The van der Waals surface area contributed by atoms with E-state index in [4.69, 9.17) is 15.6 Å². The highest BCUT2D eigenvalue weighted by Gasteiger charge is 2.20. The highest BCUT2D eigenvalue weighted by atomic mass is 16.5. The lowest BCUT2D eigenvalue weighted by Gasteiger charge is -2.26. The van der Waals surface area contributed by atoms with Crippen molar-refractivity contribution in [2.24, 2.45) is 5.73 Å². The number of carboxylic acid groups (broad SMARTS) is 1. The first-order valence-corrected chi connectivity index (χ1v) is 5.90. The second kappa shape index (κ2) is 5.19. The first-order valence-electron chi connectivity index (χ1n) is 5.90. The molecule has 0 bridgehead atoms. The number of hydrogen-bond donors (Lipinski definition) is 2. The van der Waals surface area contributed by atoms with Gasteiger partial charge < -0.3 is 15.6 Å². The first kappa shape index (κ1) is 11.9. The second-order valence-electron chi connectivity index (χ2n) is 4.37. The molecule has 1 fully saturated rings. The fourth-order valence-electron chi connectivity index (χ4n) is 1.84. The van der Waals surface area contributed by atoms with E-state index in [1.54, 1.807) is 12.1 Å². The fraction of sp³-hybridized carbons (Fsp3) is 0.462. The van der Waals surface area contributed by atoms with E-state index in [0.29, 0.717) is 6.10 Å². The molecule has 1 aromatic carbocycles. The Labute approximate surface area is 100 Å². The highest BCUT2D eigenvalue weighted by Crippen LogP contribution is 2.26.